The fraction of sp³-hybridized carbons (Fsp3) is 0.455. The Kier molecular flexibility index (Phi) is 5.77. The third-order valence-corrected chi connectivity index (χ3v) is 5.94. The molecule has 31 heavy (non-hydrogen) atoms. The molecule has 164 valence electrons. The summed E-state index contributed by atoms with van der Waals surface area (Å²) in [6.45, 7) is 8.47. The number of carbonyl (C=O) groups excluding carboxylic acids is 2. The largest absolute Gasteiger partial charge is 0.377 e. The SMILES string of the molecule is CC(=O)N1CCc2c(nc(-c3ccc(NC(N)=O)cc3)nc2N2CCOC[C@@H]2C)C1C. The average Bonchev–Trinajstić information content (AvgIpc) is 2.74. The minimum Gasteiger partial charge on any atom is -0.377 e. The topological polar surface area (TPSA) is 114 Å². The standard InChI is InChI=1S/C22H28N6O3/c1-13-12-31-11-10-27(13)21-18-8-9-28(15(3)29)14(2)19(18)25-20(26-21)16-4-6-17(7-5-16)24-22(23)30/h4-7,13-14H,8-12H2,1-3H3,(H3,23,24,30)/t13-,14?/m0/s1. The van der Waals surface area contributed by atoms with Crippen LogP contribution in [0.25, 0.3) is 11.4 Å². The number of rotatable bonds is 3. The van der Waals surface area contributed by atoms with Crippen LogP contribution in [0.2, 0.25) is 0 Å². The van der Waals surface area contributed by atoms with E-state index in [1.54, 1.807) is 19.1 Å². The number of nitrogens with two attached hydrogens (primary N) is 1. The quantitative estimate of drug-likeness (QED) is 0.782. The molecule has 2 aliphatic heterocycles. The molecule has 2 aliphatic rings. The molecule has 2 atom stereocenters. The molecule has 3 amide bonds. The second kappa shape index (κ2) is 8.50. The first-order valence-electron chi connectivity index (χ1n) is 10.5. The number of hydrogen-bond acceptors (Lipinski definition) is 6. The third-order valence-electron chi connectivity index (χ3n) is 5.94. The monoisotopic (exact) mass is 424 g/mol. The molecule has 1 fully saturated rings. The highest BCUT2D eigenvalue weighted by molar-refractivity contribution is 5.88. The number of benzene rings is 1. The van der Waals surface area contributed by atoms with Gasteiger partial charge in [0, 0.05) is 36.8 Å². The molecule has 4 rings (SSSR count). The summed E-state index contributed by atoms with van der Waals surface area (Å²) >= 11 is 0. The van der Waals surface area contributed by atoms with Crippen LogP contribution in [0.4, 0.5) is 16.3 Å². The van der Waals surface area contributed by atoms with Crippen molar-refractivity contribution < 1.29 is 14.3 Å². The van der Waals surface area contributed by atoms with E-state index in [1.165, 1.54) is 0 Å². The molecule has 0 bridgehead atoms. The molecule has 0 radical (unpaired) electrons. The van der Waals surface area contributed by atoms with Gasteiger partial charge in [0.2, 0.25) is 5.91 Å². The highest BCUT2D eigenvalue weighted by Gasteiger charge is 2.33. The molecule has 9 heteroatoms. The highest BCUT2D eigenvalue weighted by atomic mass is 16.5. The minimum atomic E-state index is -0.612. The van der Waals surface area contributed by atoms with E-state index in [-0.39, 0.29) is 18.0 Å². The number of amides is 3. The lowest BCUT2D eigenvalue weighted by Gasteiger charge is -2.39. The summed E-state index contributed by atoms with van der Waals surface area (Å²) in [6, 6.07) is 6.71. The predicted molar refractivity (Wildman–Crippen MR) is 118 cm³/mol. The zero-order chi connectivity index (χ0) is 22.1. The summed E-state index contributed by atoms with van der Waals surface area (Å²) in [5.74, 6) is 1.56. The summed E-state index contributed by atoms with van der Waals surface area (Å²) in [6.07, 6.45) is 0.723. The zero-order valence-corrected chi connectivity index (χ0v) is 18.1. The van der Waals surface area contributed by atoms with Crippen molar-refractivity contribution in [2.75, 3.05) is 36.5 Å². The van der Waals surface area contributed by atoms with Crippen LogP contribution in [-0.4, -0.2) is 59.2 Å². The number of urea groups is 1. The van der Waals surface area contributed by atoms with Crippen LogP contribution in [0, 0.1) is 0 Å². The van der Waals surface area contributed by atoms with Crippen LogP contribution in [0.1, 0.15) is 38.1 Å². The highest BCUT2D eigenvalue weighted by Crippen LogP contribution is 2.36. The van der Waals surface area contributed by atoms with E-state index < -0.39 is 6.03 Å². The number of ether oxygens (including phenoxy) is 1. The smallest absolute Gasteiger partial charge is 0.316 e. The summed E-state index contributed by atoms with van der Waals surface area (Å²) in [4.78, 5) is 37.2. The first-order chi connectivity index (χ1) is 14.8. The molecule has 0 aliphatic carbocycles. The number of carbonyl (C=O) groups is 2. The normalized spacial score (nSPS) is 20.9. The third kappa shape index (κ3) is 4.18. The van der Waals surface area contributed by atoms with Crippen molar-refractivity contribution in [1.82, 2.24) is 14.9 Å². The van der Waals surface area contributed by atoms with Crippen LogP contribution in [0.15, 0.2) is 24.3 Å². The summed E-state index contributed by atoms with van der Waals surface area (Å²) in [5, 5.41) is 2.56. The maximum Gasteiger partial charge on any atom is 0.316 e. The molecule has 9 nitrogen and oxygen atoms in total. The van der Waals surface area contributed by atoms with Crippen LogP contribution < -0.4 is 16.0 Å². The second-order valence-corrected chi connectivity index (χ2v) is 8.06. The van der Waals surface area contributed by atoms with Gasteiger partial charge in [0.25, 0.3) is 0 Å². The fourth-order valence-corrected chi connectivity index (χ4v) is 4.33. The summed E-state index contributed by atoms with van der Waals surface area (Å²) in [7, 11) is 0. The van der Waals surface area contributed by atoms with Crippen LogP contribution in [0.5, 0.6) is 0 Å². The van der Waals surface area contributed by atoms with Crippen LogP contribution in [0.3, 0.4) is 0 Å². The Labute approximate surface area is 181 Å². The van der Waals surface area contributed by atoms with Crippen molar-refractivity contribution in [3.63, 3.8) is 0 Å². The number of nitrogens with zero attached hydrogens (tertiary/aromatic N) is 4. The molecular formula is C22H28N6O3. The number of morpholine rings is 1. The van der Waals surface area contributed by atoms with E-state index in [4.69, 9.17) is 20.4 Å². The molecule has 1 aromatic heterocycles. The number of primary amides is 1. The second-order valence-electron chi connectivity index (χ2n) is 8.06. The lowest BCUT2D eigenvalue weighted by atomic mass is 9.97. The maximum atomic E-state index is 12.1. The molecule has 1 aromatic carbocycles. The Morgan fingerprint density at radius 2 is 1.90 bits per heavy atom. The van der Waals surface area contributed by atoms with Crippen molar-refractivity contribution >= 4 is 23.4 Å². The van der Waals surface area contributed by atoms with Crippen LogP contribution >= 0.6 is 0 Å². The van der Waals surface area contributed by atoms with Crippen molar-refractivity contribution in [2.45, 2.75) is 39.3 Å². The molecule has 3 N–H and O–H groups in total. The predicted octanol–water partition coefficient (Wildman–Crippen LogP) is 2.32. The van der Waals surface area contributed by atoms with Crippen molar-refractivity contribution in [2.24, 2.45) is 5.73 Å². The van der Waals surface area contributed by atoms with Gasteiger partial charge in [0.15, 0.2) is 5.82 Å². The van der Waals surface area contributed by atoms with Gasteiger partial charge in [0.1, 0.15) is 5.82 Å². The van der Waals surface area contributed by atoms with Crippen molar-refractivity contribution in [3.05, 3.63) is 35.5 Å². The van der Waals surface area contributed by atoms with Crippen LogP contribution in [-0.2, 0) is 16.0 Å². The molecule has 2 aromatic rings. The van der Waals surface area contributed by atoms with Gasteiger partial charge in [-0.1, -0.05) is 0 Å². The molecular weight excluding hydrogens is 396 g/mol. The van der Waals surface area contributed by atoms with Gasteiger partial charge in [-0.15, -0.1) is 0 Å². The van der Waals surface area contributed by atoms with Gasteiger partial charge < -0.3 is 25.6 Å². The van der Waals surface area contributed by atoms with E-state index >= 15 is 0 Å². The minimum absolute atomic E-state index is 0.0430. The number of hydrogen-bond donors (Lipinski definition) is 2. The Morgan fingerprint density at radius 3 is 2.55 bits per heavy atom. The van der Waals surface area contributed by atoms with Gasteiger partial charge in [-0.2, -0.15) is 0 Å². The Bertz CT molecular complexity index is 993. The van der Waals surface area contributed by atoms with Gasteiger partial charge in [0.05, 0.1) is 31.0 Å². The number of nitrogens with one attached hydrogen (secondary N) is 1. The Balaban J connectivity index is 1.80. The first kappa shape index (κ1) is 21.0. The molecule has 0 spiro atoms. The Morgan fingerprint density at radius 1 is 1.16 bits per heavy atom. The van der Waals surface area contributed by atoms with Gasteiger partial charge in [-0.05, 0) is 44.5 Å². The van der Waals surface area contributed by atoms with Crippen molar-refractivity contribution in [3.8, 4) is 11.4 Å². The molecule has 0 saturated carbocycles. The van der Waals surface area contributed by atoms with Gasteiger partial charge in [-0.3, -0.25) is 4.79 Å². The zero-order valence-electron chi connectivity index (χ0n) is 18.1. The number of aromatic nitrogens is 2. The van der Waals surface area contributed by atoms with E-state index in [0.717, 1.165) is 35.6 Å². The average molecular weight is 425 g/mol. The molecule has 1 unspecified atom stereocenters. The molecule has 1 saturated heterocycles. The van der Waals surface area contributed by atoms with E-state index in [9.17, 15) is 9.59 Å². The number of fused-ring (bicyclic) bond motifs is 1. The van der Waals surface area contributed by atoms with Crippen molar-refractivity contribution in [1.29, 1.82) is 0 Å². The van der Waals surface area contributed by atoms with E-state index in [0.29, 0.717) is 31.3 Å². The van der Waals surface area contributed by atoms with Gasteiger partial charge in [-0.25, -0.2) is 14.8 Å². The van der Waals surface area contributed by atoms with Gasteiger partial charge >= 0.3 is 6.03 Å². The van der Waals surface area contributed by atoms with E-state index in [1.807, 2.05) is 24.0 Å². The maximum absolute atomic E-state index is 12.1. The Hall–Kier alpha value is -3.20. The molecule has 3 heterocycles. The number of anilines is 2. The van der Waals surface area contributed by atoms with E-state index in [2.05, 4.69) is 17.1 Å². The lowest BCUT2D eigenvalue weighted by molar-refractivity contribution is -0.131. The first-order valence-corrected chi connectivity index (χ1v) is 10.5. The fourth-order valence-electron chi connectivity index (χ4n) is 4.33. The lowest BCUT2D eigenvalue weighted by Crippen LogP contribution is -2.46. The summed E-state index contributed by atoms with van der Waals surface area (Å²) in [5.41, 5.74) is 8.62. The summed E-state index contributed by atoms with van der Waals surface area (Å²) < 4.78 is 5.62.